The maximum absolute atomic E-state index is 5.36. The molecule has 0 spiro atoms. The fourth-order valence-electron chi connectivity index (χ4n) is 1.24. The van der Waals surface area contributed by atoms with Gasteiger partial charge in [0.1, 0.15) is 0 Å². The quantitative estimate of drug-likeness (QED) is 0.733. The highest BCUT2D eigenvalue weighted by Crippen LogP contribution is 1.98. The van der Waals surface area contributed by atoms with Crippen LogP contribution in [0.5, 0.6) is 0 Å². The van der Waals surface area contributed by atoms with Gasteiger partial charge in [-0.25, -0.2) is 0 Å². The van der Waals surface area contributed by atoms with Crippen molar-refractivity contribution in [2.45, 2.75) is 52.6 Å². The first kappa shape index (κ1) is 12.9. The van der Waals surface area contributed by atoms with Crippen LogP contribution in [0.2, 0.25) is 0 Å². The molecule has 80 valence electrons. The zero-order valence-corrected chi connectivity index (χ0v) is 9.44. The summed E-state index contributed by atoms with van der Waals surface area (Å²) in [6.07, 6.45) is 5.68. The summed E-state index contributed by atoms with van der Waals surface area (Å²) in [4.78, 5) is 0. The van der Waals surface area contributed by atoms with Gasteiger partial charge in [-0.05, 0) is 6.42 Å². The second-order valence-electron chi connectivity index (χ2n) is 3.46. The molecule has 1 saturated heterocycles. The summed E-state index contributed by atoms with van der Waals surface area (Å²) in [5.74, 6) is 0. The van der Waals surface area contributed by atoms with Crippen molar-refractivity contribution in [1.82, 2.24) is 5.32 Å². The van der Waals surface area contributed by atoms with Gasteiger partial charge in [0.15, 0.2) is 0 Å². The first-order valence-electron chi connectivity index (χ1n) is 5.67. The standard InChI is InChI=1S/C6H13NO.C5H12/c1-2-6-5-7-3-4-8-6;1-3-5-4-2/h6-7H,2-5H2,1H3;3-5H2,1-2H3. The van der Waals surface area contributed by atoms with Gasteiger partial charge in [-0.1, -0.05) is 40.0 Å². The van der Waals surface area contributed by atoms with Crippen molar-refractivity contribution in [3.05, 3.63) is 0 Å². The maximum Gasteiger partial charge on any atom is 0.0697 e. The highest BCUT2D eigenvalue weighted by atomic mass is 16.5. The molecule has 13 heavy (non-hydrogen) atoms. The normalized spacial score (nSPS) is 21.9. The molecule has 1 rings (SSSR count). The summed E-state index contributed by atoms with van der Waals surface area (Å²) in [6.45, 7) is 9.52. The Kier molecular flexibility index (Phi) is 9.94. The second kappa shape index (κ2) is 10.0. The summed E-state index contributed by atoms with van der Waals surface area (Å²) in [5.41, 5.74) is 0. The molecule has 2 heteroatoms. The molecule has 0 aromatic heterocycles. The zero-order valence-electron chi connectivity index (χ0n) is 9.44. The Morgan fingerprint density at radius 2 is 1.92 bits per heavy atom. The Hall–Kier alpha value is -0.0800. The molecule has 1 aliphatic heterocycles. The zero-order chi connectivity index (χ0) is 9.94. The van der Waals surface area contributed by atoms with Crippen LogP contribution in [0.4, 0.5) is 0 Å². The van der Waals surface area contributed by atoms with Crippen molar-refractivity contribution in [2.75, 3.05) is 19.7 Å². The molecule has 1 atom stereocenters. The predicted octanol–water partition coefficient (Wildman–Crippen LogP) is 2.58. The van der Waals surface area contributed by atoms with Crippen LogP contribution in [-0.2, 0) is 4.74 Å². The van der Waals surface area contributed by atoms with Crippen LogP contribution in [0, 0.1) is 0 Å². The van der Waals surface area contributed by atoms with E-state index in [9.17, 15) is 0 Å². The largest absolute Gasteiger partial charge is 0.376 e. The van der Waals surface area contributed by atoms with Crippen LogP contribution in [0.25, 0.3) is 0 Å². The Bertz CT molecular complexity index is 88.1. The minimum absolute atomic E-state index is 0.476. The lowest BCUT2D eigenvalue weighted by atomic mass is 10.2. The van der Waals surface area contributed by atoms with Crippen molar-refractivity contribution < 1.29 is 4.74 Å². The summed E-state index contributed by atoms with van der Waals surface area (Å²) in [5, 5.41) is 3.26. The number of hydrogen-bond acceptors (Lipinski definition) is 2. The number of rotatable bonds is 3. The van der Waals surface area contributed by atoms with Crippen molar-refractivity contribution in [1.29, 1.82) is 0 Å². The molecule has 1 N–H and O–H groups in total. The molecule has 1 aliphatic rings. The topological polar surface area (TPSA) is 21.3 Å². The van der Waals surface area contributed by atoms with Crippen LogP contribution < -0.4 is 5.32 Å². The van der Waals surface area contributed by atoms with E-state index in [4.69, 9.17) is 4.74 Å². The van der Waals surface area contributed by atoms with Gasteiger partial charge in [0.05, 0.1) is 12.7 Å². The van der Waals surface area contributed by atoms with Gasteiger partial charge in [-0.15, -0.1) is 0 Å². The summed E-state index contributed by atoms with van der Waals surface area (Å²) in [7, 11) is 0. The van der Waals surface area contributed by atoms with Gasteiger partial charge >= 0.3 is 0 Å². The highest BCUT2D eigenvalue weighted by molar-refractivity contribution is 4.63. The molecule has 0 aromatic carbocycles. The van der Waals surface area contributed by atoms with E-state index in [1.54, 1.807) is 0 Å². The maximum atomic E-state index is 5.36. The van der Waals surface area contributed by atoms with Crippen LogP contribution in [-0.4, -0.2) is 25.8 Å². The van der Waals surface area contributed by atoms with Crippen LogP contribution in [0.15, 0.2) is 0 Å². The fourth-order valence-corrected chi connectivity index (χ4v) is 1.24. The number of ether oxygens (including phenoxy) is 1. The van der Waals surface area contributed by atoms with Crippen molar-refractivity contribution in [2.24, 2.45) is 0 Å². The predicted molar refractivity (Wildman–Crippen MR) is 58.1 cm³/mol. The molecule has 0 aromatic rings. The number of unbranched alkanes of at least 4 members (excludes halogenated alkanes) is 2. The molecule has 0 amide bonds. The molecular formula is C11H25NO. The van der Waals surface area contributed by atoms with E-state index < -0.39 is 0 Å². The monoisotopic (exact) mass is 187 g/mol. The Labute approximate surface area is 83.1 Å². The number of morpholine rings is 1. The van der Waals surface area contributed by atoms with E-state index in [0.29, 0.717) is 6.10 Å². The van der Waals surface area contributed by atoms with Gasteiger partial charge in [0, 0.05) is 13.1 Å². The Morgan fingerprint density at radius 1 is 1.23 bits per heavy atom. The van der Waals surface area contributed by atoms with Gasteiger partial charge in [0.2, 0.25) is 0 Å². The van der Waals surface area contributed by atoms with Crippen molar-refractivity contribution in [3.8, 4) is 0 Å². The lowest BCUT2D eigenvalue weighted by molar-refractivity contribution is 0.0267. The van der Waals surface area contributed by atoms with Crippen LogP contribution in [0.1, 0.15) is 46.5 Å². The van der Waals surface area contributed by atoms with Crippen LogP contribution >= 0.6 is 0 Å². The van der Waals surface area contributed by atoms with Crippen molar-refractivity contribution in [3.63, 3.8) is 0 Å². The van der Waals surface area contributed by atoms with E-state index in [2.05, 4.69) is 26.1 Å². The number of nitrogens with one attached hydrogen (secondary N) is 1. The van der Waals surface area contributed by atoms with Gasteiger partial charge < -0.3 is 10.1 Å². The molecule has 1 fully saturated rings. The fraction of sp³-hybridized carbons (Fsp3) is 1.00. The van der Waals surface area contributed by atoms with Crippen molar-refractivity contribution >= 4 is 0 Å². The Morgan fingerprint density at radius 3 is 2.15 bits per heavy atom. The summed E-state index contributed by atoms with van der Waals surface area (Å²) >= 11 is 0. The molecule has 0 bridgehead atoms. The average molecular weight is 187 g/mol. The minimum atomic E-state index is 0.476. The van der Waals surface area contributed by atoms with Gasteiger partial charge in [-0.2, -0.15) is 0 Å². The van der Waals surface area contributed by atoms with Gasteiger partial charge in [0.25, 0.3) is 0 Å². The second-order valence-corrected chi connectivity index (χ2v) is 3.46. The molecular weight excluding hydrogens is 162 g/mol. The SMILES string of the molecule is CCC1CNCCO1.CCCCC. The Balaban J connectivity index is 0.000000252. The smallest absolute Gasteiger partial charge is 0.0697 e. The highest BCUT2D eigenvalue weighted by Gasteiger charge is 2.08. The molecule has 0 radical (unpaired) electrons. The molecule has 0 aliphatic carbocycles. The summed E-state index contributed by atoms with van der Waals surface area (Å²) in [6, 6.07) is 0. The average Bonchev–Trinajstić information content (AvgIpc) is 2.21. The van der Waals surface area contributed by atoms with Crippen LogP contribution in [0.3, 0.4) is 0 Å². The third kappa shape index (κ3) is 8.26. The molecule has 1 heterocycles. The van der Waals surface area contributed by atoms with E-state index in [1.165, 1.54) is 19.3 Å². The molecule has 2 nitrogen and oxygen atoms in total. The molecule has 1 unspecified atom stereocenters. The third-order valence-electron chi connectivity index (χ3n) is 2.17. The molecule has 0 saturated carbocycles. The minimum Gasteiger partial charge on any atom is -0.376 e. The van der Waals surface area contributed by atoms with Gasteiger partial charge in [-0.3, -0.25) is 0 Å². The van der Waals surface area contributed by atoms with E-state index in [1.807, 2.05) is 0 Å². The lowest BCUT2D eigenvalue weighted by Gasteiger charge is -2.21. The lowest BCUT2D eigenvalue weighted by Crippen LogP contribution is -2.37. The number of hydrogen-bond donors (Lipinski definition) is 1. The van der Waals surface area contributed by atoms with E-state index in [0.717, 1.165) is 26.1 Å². The first-order chi connectivity index (χ1) is 6.35. The van der Waals surface area contributed by atoms with E-state index >= 15 is 0 Å². The first-order valence-corrected chi connectivity index (χ1v) is 5.67. The third-order valence-corrected chi connectivity index (χ3v) is 2.17. The summed E-state index contributed by atoms with van der Waals surface area (Å²) < 4.78 is 5.36. The van der Waals surface area contributed by atoms with E-state index in [-0.39, 0.29) is 0 Å².